The molecule has 1 fully saturated rings. The minimum absolute atomic E-state index is 0.312. The first-order chi connectivity index (χ1) is 13.7. The molecule has 1 saturated carbocycles. The highest BCUT2D eigenvalue weighted by atomic mass is 32.2. The van der Waals surface area contributed by atoms with Gasteiger partial charge in [0.15, 0.2) is 5.96 Å². The molecule has 3 rings (SSSR count). The van der Waals surface area contributed by atoms with Gasteiger partial charge in [0.2, 0.25) is 0 Å². The lowest BCUT2D eigenvalue weighted by atomic mass is 9.95. The lowest BCUT2D eigenvalue weighted by Crippen LogP contribution is -2.46. The van der Waals surface area contributed by atoms with Gasteiger partial charge in [-0.2, -0.15) is 0 Å². The minimum Gasteiger partial charge on any atom is -0.357 e. The highest BCUT2D eigenvalue weighted by Gasteiger charge is 2.26. The van der Waals surface area contributed by atoms with E-state index in [2.05, 4.69) is 35.1 Å². The Labute approximate surface area is 174 Å². The largest absolute Gasteiger partial charge is 0.357 e. The van der Waals surface area contributed by atoms with Gasteiger partial charge < -0.3 is 10.6 Å². The monoisotopic (exact) mass is 418 g/mol. The number of hydrogen-bond donors (Lipinski definition) is 2. The van der Waals surface area contributed by atoms with Crippen LogP contribution in [0.15, 0.2) is 40.7 Å². The molecule has 0 radical (unpaired) electrons. The summed E-state index contributed by atoms with van der Waals surface area (Å²) < 4.78 is 12.2. The number of benzene rings is 1. The summed E-state index contributed by atoms with van der Waals surface area (Å²) in [7, 11) is -0.710. The number of nitrogens with one attached hydrogen (secondary N) is 2. The summed E-state index contributed by atoms with van der Waals surface area (Å²) in [6.45, 7) is 5.46. The fourth-order valence-corrected chi connectivity index (χ4v) is 5.61. The third-order valence-electron chi connectivity index (χ3n) is 4.96. The van der Waals surface area contributed by atoms with Crippen LogP contribution in [0.1, 0.15) is 44.5 Å². The standard InChI is InChI=1S/C21H30N4OS2/c1-3-22-21(24-17-11-8-12-18(13-17)28(26)4-2)23-14-20-25-19(15-27-20)16-9-6-5-7-10-16/h5-7,9-10,15,17-18H,3-4,8,11-14H2,1-2H3,(H2,22,23,24). The SMILES string of the molecule is CCNC(=NCc1nc(-c2ccccc2)cs1)NC1CCCC(S(=O)CC)C1. The van der Waals surface area contributed by atoms with Crippen LogP contribution in [-0.2, 0) is 17.3 Å². The van der Waals surface area contributed by atoms with E-state index in [9.17, 15) is 4.21 Å². The normalized spacial score (nSPS) is 21.3. The average molecular weight is 419 g/mol. The molecule has 1 aliphatic carbocycles. The first-order valence-electron chi connectivity index (χ1n) is 10.1. The molecule has 152 valence electrons. The van der Waals surface area contributed by atoms with Crippen LogP contribution in [0.25, 0.3) is 11.3 Å². The molecule has 5 nitrogen and oxygen atoms in total. The van der Waals surface area contributed by atoms with Crippen molar-refractivity contribution >= 4 is 28.1 Å². The smallest absolute Gasteiger partial charge is 0.191 e. The van der Waals surface area contributed by atoms with Gasteiger partial charge in [0.25, 0.3) is 0 Å². The molecule has 28 heavy (non-hydrogen) atoms. The number of hydrogen-bond acceptors (Lipinski definition) is 4. The van der Waals surface area contributed by atoms with Crippen LogP contribution in [0, 0.1) is 0 Å². The van der Waals surface area contributed by atoms with Crippen molar-refractivity contribution < 1.29 is 4.21 Å². The molecular weight excluding hydrogens is 388 g/mol. The molecular formula is C21H30N4OS2. The van der Waals surface area contributed by atoms with E-state index in [-0.39, 0.29) is 0 Å². The van der Waals surface area contributed by atoms with E-state index in [0.717, 1.165) is 60.2 Å². The van der Waals surface area contributed by atoms with Gasteiger partial charge in [0.05, 0.1) is 12.2 Å². The van der Waals surface area contributed by atoms with Crippen LogP contribution < -0.4 is 10.6 Å². The number of aromatic nitrogens is 1. The summed E-state index contributed by atoms with van der Waals surface area (Å²) in [5.41, 5.74) is 2.14. The molecule has 2 N–H and O–H groups in total. The van der Waals surface area contributed by atoms with Gasteiger partial charge in [-0.25, -0.2) is 9.98 Å². The fourth-order valence-electron chi connectivity index (χ4n) is 3.54. The molecule has 1 aromatic carbocycles. The lowest BCUT2D eigenvalue weighted by molar-refractivity contribution is 0.413. The zero-order valence-electron chi connectivity index (χ0n) is 16.7. The van der Waals surface area contributed by atoms with Crippen LogP contribution in [-0.4, -0.2) is 38.7 Å². The number of guanidine groups is 1. The maximum absolute atomic E-state index is 12.2. The van der Waals surface area contributed by atoms with E-state index in [1.807, 2.05) is 25.1 Å². The molecule has 1 heterocycles. The second kappa shape index (κ2) is 10.7. The van der Waals surface area contributed by atoms with Gasteiger partial charge in [-0.3, -0.25) is 4.21 Å². The molecule has 3 unspecified atom stereocenters. The van der Waals surface area contributed by atoms with Crippen LogP contribution >= 0.6 is 11.3 Å². The molecule has 1 aromatic heterocycles. The fraction of sp³-hybridized carbons (Fsp3) is 0.524. The van der Waals surface area contributed by atoms with Crippen molar-refractivity contribution in [2.24, 2.45) is 4.99 Å². The molecule has 3 atom stereocenters. The molecule has 2 aromatic rings. The Morgan fingerprint density at radius 3 is 2.86 bits per heavy atom. The predicted octanol–water partition coefficient (Wildman–Crippen LogP) is 3.95. The van der Waals surface area contributed by atoms with Gasteiger partial charge in [-0.15, -0.1) is 11.3 Å². The Bertz CT molecular complexity index is 791. The van der Waals surface area contributed by atoms with Gasteiger partial charge in [0, 0.05) is 45.3 Å². The van der Waals surface area contributed by atoms with Crippen LogP contribution in [0.5, 0.6) is 0 Å². The molecule has 0 spiro atoms. The maximum atomic E-state index is 12.2. The first-order valence-corrected chi connectivity index (χ1v) is 12.4. The number of thiazole rings is 1. The second-order valence-electron chi connectivity index (χ2n) is 6.99. The van der Waals surface area contributed by atoms with Crippen LogP contribution in [0.3, 0.4) is 0 Å². The summed E-state index contributed by atoms with van der Waals surface area (Å²) in [5.74, 6) is 1.58. The number of rotatable bonds is 7. The summed E-state index contributed by atoms with van der Waals surface area (Å²) in [6, 6.07) is 10.6. The second-order valence-corrected chi connectivity index (χ2v) is 9.94. The quantitative estimate of drug-likeness (QED) is 0.528. The van der Waals surface area contributed by atoms with E-state index in [0.29, 0.717) is 17.8 Å². The average Bonchev–Trinajstić information content (AvgIpc) is 3.21. The van der Waals surface area contributed by atoms with Crippen molar-refractivity contribution in [1.29, 1.82) is 0 Å². The third-order valence-corrected chi connectivity index (χ3v) is 7.54. The van der Waals surface area contributed by atoms with Crippen molar-refractivity contribution in [3.05, 3.63) is 40.7 Å². The molecule has 0 saturated heterocycles. The van der Waals surface area contributed by atoms with Crippen molar-refractivity contribution in [3.63, 3.8) is 0 Å². The van der Waals surface area contributed by atoms with E-state index in [1.165, 1.54) is 0 Å². The van der Waals surface area contributed by atoms with Crippen molar-refractivity contribution in [2.45, 2.75) is 57.4 Å². The summed E-state index contributed by atoms with van der Waals surface area (Å²) in [5, 5.41) is 10.3. The number of aliphatic imine (C=N–C) groups is 1. The minimum atomic E-state index is -0.710. The molecule has 0 amide bonds. The Balaban J connectivity index is 1.61. The maximum Gasteiger partial charge on any atom is 0.191 e. The van der Waals surface area contributed by atoms with Gasteiger partial charge >= 0.3 is 0 Å². The third kappa shape index (κ3) is 5.88. The number of nitrogens with zero attached hydrogens (tertiary/aromatic N) is 2. The predicted molar refractivity (Wildman–Crippen MR) is 120 cm³/mol. The molecule has 1 aliphatic rings. The first kappa shape index (κ1) is 21.0. The van der Waals surface area contributed by atoms with E-state index < -0.39 is 10.8 Å². The lowest BCUT2D eigenvalue weighted by Gasteiger charge is -2.30. The molecule has 7 heteroatoms. The summed E-state index contributed by atoms with van der Waals surface area (Å²) >= 11 is 1.64. The Hall–Kier alpha value is -1.73. The summed E-state index contributed by atoms with van der Waals surface area (Å²) in [6.07, 6.45) is 4.27. The van der Waals surface area contributed by atoms with Crippen molar-refractivity contribution in [2.75, 3.05) is 12.3 Å². The Morgan fingerprint density at radius 2 is 2.11 bits per heavy atom. The van der Waals surface area contributed by atoms with Gasteiger partial charge in [-0.05, 0) is 26.2 Å². The zero-order valence-corrected chi connectivity index (χ0v) is 18.3. The molecule has 0 aliphatic heterocycles. The van der Waals surface area contributed by atoms with Crippen molar-refractivity contribution in [1.82, 2.24) is 15.6 Å². The highest BCUT2D eigenvalue weighted by molar-refractivity contribution is 7.85. The van der Waals surface area contributed by atoms with E-state index in [1.54, 1.807) is 11.3 Å². The Morgan fingerprint density at radius 1 is 1.29 bits per heavy atom. The van der Waals surface area contributed by atoms with Crippen LogP contribution in [0.2, 0.25) is 0 Å². The highest BCUT2D eigenvalue weighted by Crippen LogP contribution is 2.24. The topological polar surface area (TPSA) is 66.4 Å². The Kier molecular flexibility index (Phi) is 8.03. The van der Waals surface area contributed by atoms with Crippen LogP contribution in [0.4, 0.5) is 0 Å². The van der Waals surface area contributed by atoms with E-state index in [4.69, 9.17) is 9.98 Å². The molecule has 0 bridgehead atoms. The van der Waals surface area contributed by atoms with Gasteiger partial charge in [0.1, 0.15) is 5.01 Å². The zero-order chi connectivity index (χ0) is 19.8. The summed E-state index contributed by atoms with van der Waals surface area (Å²) in [4.78, 5) is 9.46. The van der Waals surface area contributed by atoms with E-state index >= 15 is 0 Å². The van der Waals surface area contributed by atoms with Crippen molar-refractivity contribution in [3.8, 4) is 11.3 Å². The van der Waals surface area contributed by atoms with Gasteiger partial charge in [-0.1, -0.05) is 43.7 Å².